The zero-order valence-electron chi connectivity index (χ0n) is 15.1. The van der Waals surface area contributed by atoms with Gasteiger partial charge in [-0.2, -0.15) is 4.98 Å². The van der Waals surface area contributed by atoms with Crippen molar-refractivity contribution in [2.45, 2.75) is 33.6 Å². The summed E-state index contributed by atoms with van der Waals surface area (Å²) in [7, 11) is 0. The Hall–Kier alpha value is -2.10. The summed E-state index contributed by atoms with van der Waals surface area (Å²) >= 11 is 0. The van der Waals surface area contributed by atoms with Crippen molar-refractivity contribution in [1.29, 1.82) is 0 Å². The van der Waals surface area contributed by atoms with E-state index in [0.29, 0.717) is 5.92 Å². The molecular formula is C20H28N4. The predicted octanol–water partition coefficient (Wildman–Crippen LogP) is 4.23. The Kier molecular flexibility index (Phi) is 5.34. The largest absolute Gasteiger partial charge is 0.357 e. The number of aromatic nitrogens is 2. The number of rotatable bonds is 5. The van der Waals surface area contributed by atoms with Crippen LogP contribution in [-0.2, 0) is 0 Å². The van der Waals surface area contributed by atoms with Gasteiger partial charge in [0.15, 0.2) is 0 Å². The lowest BCUT2D eigenvalue weighted by Gasteiger charge is -2.32. The van der Waals surface area contributed by atoms with Crippen LogP contribution in [0.1, 0.15) is 33.6 Å². The maximum Gasteiger partial charge on any atom is 0.227 e. The maximum atomic E-state index is 4.90. The first kappa shape index (κ1) is 16.7. The maximum absolute atomic E-state index is 4.90. The first-order valence-corrected chi connectivity index (χ1v) is 9.15. The van der Waals surface area contributed by atoms with E-state index in [-0.39, 0.29) is 0 Å². The van der Waals surface area contributed by atoms with Crippen molar-refractivity contribution >= 4 is 11.8 Å². The highest BCUT2D eigenvalue weighted by molar-refractivity contribution is 5.65. The number of hydrogen-bond donors (Lipinski definition) is 0. The minimum Gasteiger partial charge on any atom is -0.357 e. The minimum absolute atomic E-state index is 0.708. The lowest BCUT2D eigenvalue weighted by molar-refractivity contribution is 0.442. The monoisotopic (exact) mass is 324 g/mol. The van der Waals surface area contributed by atoms with Gasteiger partial charge in [0, 0.05) is 37.8 Å². The Balaban J connectivity index is 2.02. The van der Waals surface area contributed by atoms with Crippen LogP contribution >= 0.6 is 0 Å². The van der Waals surface area contributed by atoms with Gasteiger partial charge in [-0.15, -0.1) is 0 Å². The summed E-state index contributed by atoms with van der Waals surface area (Å²) in [6.45, 7) is 10.7. The average molecular weight is 324 g/mol. The first-order valence-electron chi connectivity index (χ1n) is 9.15. The smallest absolute Gasteiger partial charge is 0.227 e. The highest BCUT2D eigenvalue weighted by Gasteiger charge is 2.20. The van der Waals surface area contributed by atoms with Crippen molar-refractivity contribution in [1.82, 2.24) is 9.97 Å². The first-order chi connectivity index (χ1) is 11.7. The molecule has 0 amide bonds. The summed E-state index contributed by atoms with van der Waals surface area (Å²) in [6.07, 6.45) is 2.53. The van der Waals surface area contributed by atoms with Crippen molar-refractivity contribution in [3.8, 4) is 11.3 Å². The highest BCUT2D eigenvalue weighted by atomic mass is 15.3. The molecule has 1 saturated heterocycles. The van der Waals surface area contributed by atoms with Crippen LogP contribution < -0.4 is 9.80 Å². The Morgan fingerprint density at radius 2 is 1.88 bits per heavy atom. The molecular weight excluding hydrogens is 296 g/mol. The Labute approximate surface area is 145 Å². The molecule has 0 radical (unpaired) electrons. The van der Waals surface area contributed by atoms with Crippen molar-refractivity contribution in [3.63, 3.8) is 0 Å². The van der Waals surface area contributed by atoms with Gasteiger partial charge in [0.1, 0.15) is 5.82 Å². The third-order valence-corrected chi connectivity index (χ3v) is 4.80. The lowest BCUT2D eigenvalue weighted by atomic mass is 10.0. The molecule has 1 aliphatic rings. The van der Waals surface area contributed by atoms with E-state index in [1.54, 1.807) is 0 Å². The number of piperidine rings is 1. The molecule has 2 heterocycles. The van der Waals surface area contributed by atoms with Crippen LogP contribution in [0.5, 0.6) is 0 Å². The molecule has 4 nitrogen and oxygen atoms in total. The van der Waals surface area contributed by atoms with Crippen molar-refractivity contribution in [2.24, 2.45) is 5.92 Å². The van der Waals surface area contributed by atoms with Gasteiger partial charge in [-0.3, -0.25) is 0 Å². The van der Waals surface area contributed by atoms with Crippen molar-refractivity contribution in [2.75, 3.05) is 36.0 Å². The Bertz CT molecular complexity index is 652. The van der Waals surface area contributed by atoms with Gasteiger partial charge in [0.2, 0.25) is 5.95 Å². The summed E-state index contributed by atoms with van der Waals surface area (Å²) in [5, 5.41) is 0. The molecule has 3 rings (SSSR count). The number of nitrogens with zero attached hydrogens (tertiary/aromatic N) is 4. The summed E-state index contributed by atoms with van der Waals surface area (Å²) in [6, 6.07) is 12.5. The molecule has 0 saturated carbocycles. The zero-order chi connectivity index (χ0) is 16.9. The van der Waals surface area contributed by atoms with Gasteiger partial charge < -0.3 is 9.80 Å². The van der Waals surface area contributed by atoms with E-state index >= 15 is 0 Å². The molecule has 4 heteroatoms. The summed E-state index contributed by atoms with van der Waals surface area (Å²) in [5.74, 6) is 2.62. The quantitative estimate of drug-likeness (QED) is 0.824. The fourth-order valence-electron chi connectivity index (χ4n) is 3.40. The Morgan fingerprint density at radius 1 is 1.12 bits per heavy atom. The predicted molar refractivity (Wildman–Crippen MR) is 102 cm³/mol. The fourth-order valence-corrected chi connectivity index (χ4v) is 3.40. The van der Waals surface area contributed by atoms with E-state index in [9.17, 15) is 0 Å². The SMILES string of the molecule is CCN(CC)c1cc(-c2ccccc2)nc(N2CCCC(C)C2)n1. The number of anilines is 2. The molecule has 1 atom stereocenters. The molecule has 128 valence electrons. The van der Waals surface area contributed by atoms with E-state index in [0.717, 1.165) is 49.2 Å². The van der Waals surface area contributed by atoms with Crippen molar-refractivity contribution in [3.05, 3.63) is 36.4 Å². The second-order valence-corrected chi connectivity index (χ2v) is 6.64. The van der Waals surface area contributed by atoms with Crippen LogP contribution in [-0.4, -0.2) is 36.1 Å². The molecule has 0 N–H and O–H groups in total. The number of benzene rings is 1. The highest BCUT2D eigenvalue weighted by Crippen LogP contribution is 2.27. The normalized spacial score (nSPS) is 17.8. The van der Waals surface area contributed by atoms with E-state index in [1.807, 2.05) is 6.07 Å². The van der Waals surface area contributed by atoms with Gasteiger partial charge in [0.25, 0.3) is 0 Å². The number of hydrogen-bond acceptors (Lipinski definition) is 4. The second kappa shape index (κ2) is 7.65. The van der Waals surface area contributed by atoms with Crippen LogP contribution in [0.4, 0.5) is 11.8 Å². The third kappa shape index (κ3) is 3.69. The molecule has 1 aromatic heterocycles. The molecule has 0 spiro atoms. The molecule has 0 aliphatic carbocycles. The van der Waals surface area contributed by atoms with Gasteiger partial charge in [-0.05, 0) is 32.6 Å². The van der Waals surface area contributed by atoms with Crippen LogP contribution in [0.3, 0.4) is 0 Å². The van der Waals surface area contributed by atoms with Gasteiger partial charge >= 0.3 is 0 Å². The summed E-state index contributed by atoms with van der Waals surface area (Å²) in [4.78, 5) is 14.5. The topological polar surface area (TPSA) is 32.3 Å². The third-order valence-electron chi connectivity index (χ3n) is 4.80. The fraction of sp³-hybridized carbons (Fsp3) is 0.500. The second-order valence-electron chi connectivity index (χ2n) is 6.64. The minimum atomic E-state index is 0.708. The van der Waals surface area contributed by atoms with Crippen LogP contribution in [0.25, 0.3) is 11.3 Å². The van der Waals surface area contributed by atoms with Gasteiger partial charge in [-0.25, -0.2) is 4.98 Å². The van der Waals surface area contributed by atoms with Crippen LogP contribution in [0.2, 0.25) is 0 Å². The van der Waals surface area contributed by atoms with E-state index in [2.05, 4.69) is 60.9 Å². The molecule has 24 heavy (non-hydrogen) atoms. The average Bonchev–Trinajstić information content (AvgIpc) is 2.63. The Morgan fingerprint density at radius 3 is 2.54 bits per heavy atom. The van der Waals surface area contributed by atoms with Gasteiger partial charge in [0.05, 0.1) is 5.69 Å². The molecule has 1 fully saturated rings. The van der Waals surface area contributed by atoms with E-state index in [4.69, 9.17) is 9.97 Å². The summed E-state index contributed by atoms with van der Waals surface area (Å²) in [5.41, 5.74) is 2.17. The standard InChI is InChI=1S/C20H28N4/c1-4-23(5-2)19-14-18(17-11-7-6-8-12-17)21-20(22-19)24-13-9-10-16(3)15-24/h6-8,11-12,14,16H,4-5,9-10,13,15H2,1-3H3. The molecule has 1 unspecified atom stereocenters. The summed E-state index contributed by atoms with van der Waals surface area (Å²) < 4.78 is 0. The van der Waals surface area contributed by atoms with Crippen molar-refractivity contribution < 1.29 is 0 Å². The molecule has 1 aromatic carbocycles. The zero-order valence-corrected chi connectivity index (χ0v) is 15.1. The van der Waals surface area contributed by atoms with Crippen LogP contribution in [0.15, 0.2) is 36.4 Å². The van der Waals surface area contributed by atoms with E-state index in [1.165, 1.54) is 12.8 Å². The molecule has 2 aromatic rings. The van der Waals surface area contributed by atoms with E-state index < -0.39 is 0 Å². The molecule has 1 aliphatic heterocycles. The molecule has 0 bridgehead atoms. The van der Waals surface area contributed by atoms with Gasteiger partial charge in [-0.1, -0.05) is 37.3 Å². The van der Waals surface area contributed by atoms with Crippen LogP contribution in [0, 0.1) is 5.92 Å². The lowest BCUT2D eigenvalue weighted by Crippen LogP contribution is -2.36.